The van der Waals surface area contributed by atoms with E-state index < -0.39 is 44.2 Å². The van der Waals surface area contributed by atoms with Crippen molar-refractivity contribution < 1.29 is 54.4 Å². The van der Waals surface area contributed by atoms with Crippen LogP contribution in [0.2, 0.25) is 0 Å². The van der Waals surface area contributed by atoms with Gasteiger partial charge < -0.3 is 43.0 Å². The number of aromatic nitrogens is 12. The fourth-order valence-electron chi connectivity index (χ4n) is 8.17. The van der Waals surface area contributed by atoms with Crippen molar-refractivity contribution >= 4 is 84.1 Å². The minimum Gasteiger partial charge on any atom is -0.493 e. The Hall–Kier alpha value is -8.44. The molecule has 0 unspecified atom stereocenters. The van der Waals surface area contributed by atoms with Gasteiger partial charge in [0, 0.05) is 81.4 Å². The molecule has 0 bridgehead atoms. The summed E-state index contributed by atoms with van der Waals surface area (Å²) in [7, 11) is 5.36. The molecule has 10 aromatic rings. The van der Waals surface area contributed by atoms with Crippen molar-refractivity contribution in [1.82, 2.24) is 59.4 Å². The van der Waals surface area contributed by atoms with E-state index in [-0.39, 0.29) is 34.7 Å². The van der Waals surface area contributed by atoms with Crippen LogP contribution in [0, 0.1) is 55.7 Å². The van der Waals surface area contributed by atoms with Crippen LogP contribution in [0.5, 0.6) is 34.8 Å². The van der Waals surface area contributed by atoms with E-state index in [1.165, 1.54) is 111 Å². The Morgan fingerprint density at radius 2 is 1.00 bits per heavy atom. The third-order valence-corrected chi connectivity index (χ3v) is 15.3. The zero-order valence-corrected chi connectivity index (χ0v) is 61.3. The summed E-state index contributed by atoms with van der Waals surface area (Å²) < 4.78 is 110. The zero-order valence-electron chi connectivity index (χ0n) is 54.3. The quantitative estimate of drug-likeness (QED) is 0.0227. The molecule has 0 aliphatic heterocycles. The number of benzene rings is 2. The van der Waals surface area contributed by atoms with Gasteiger partial charge in [-0.05, 0) is 141 Å². The highest BCUT2D eigenvalue weighted by atomic mass is 127. The van der Waals surface area contributed by atoms with E-state index in [1.54, 1.807) is 57.5 Å². The van der Waals surface area contributed by atoms with Crippen LogP contribution in [0.1, 0.15) is 33.9 Å². The number of pyridine rings is 4. The van der Waals surface area contributed by atoms with Gasteiger partial charge in [0.05, 0.1) is 72.0 Å². The number of hydrogen-bond donors (Lipinski definition) is 2. The first-order valence-corrected chi connectivity index (χ1v) is 35.8. The number of hydrogen-bond acceptors (Lipinski definition) is 22. The van der Waals surface area contributed by atoms with E-state index in [4.69, 9.17) is 40.6 Å². The minimum absolute atomic E-state index is 0.0189. The number of alkyl halides is 2. The monoisotopic (exact) mass is 1570 g/mol. The normalized spacial score (nSPS) is 10.5. The fraction of sp³-hybridized carbons (Fsp3) is 0.250. The SMILES string of the molecule is CI.COc1ccc(CBr)cc1OC.COc1ccc(Cn2cc(-c3cc(C)nc(S(C)(=O)=O)n3)cc(F)c2=O)cc1OC.COc1ncc(-c2cc(C)[nH]c(=S)n2)cc1F.COc1ncc(-c2cc(C)nc(SC)n2)cc1F.CSc1nc(C)cc(-c2c[nH]c(=O)c(F)c2)n1. The molecular weight excluding hydrogens is 1510 g/mol. The lowest BCUT2D eigenvalue weighted by molar-refractivity contribution is 0.354. The molecule has 0 aliphatic carbocycles. The Bertz CT molecular complexity index is 4620. The summed E-state index contributed by atoms with van der Waals surface area (Å²) in [6.45, 7) is 7.24. The van der Waals surface area contributed by atoms with E-state index in [1.807, 2.05) is 56.4 Å². The van der Waals surface area contributed by atoms with Crippen molar-refractivity contribution in [3.05, 3.63) is 192 Å². The maximum Gasteiger partial charge on any atom is 0.286 e. The molecule has 2 N–H and O–H groups in total. The van der Waals surface area contributed by atoms with Gasteiger partial charge in [0.25, 0.3) is 11.1 Å². The van der Waals surface area contributed by atoms with Gasteiger partial charge in [-0.2, -0.15) is 0 Å². The zero-order chi connectivity index (χ0) is 71.0. The smallest absolute Gasteiger partial charge is 0.286 e. The van der Waals surface area contributed by atoms with Crippen molar-refractivity contribution in [2.45, 2.75) is 55.0 Å². The van der Waals surface area contributed by atoms with Gasteiger partial charge in [-0.1, -0.05) is 74.2 Å². The fourth-order valence-corrected chi connectivity index (χ4v) is 10.2. The van der Waals surface area contributed by atoms with Crippen LogP contribution in [0.4, 0.5) is 17.6 Å². The van der Waals surface area contributed by atoms with E-state index in [0.717, 1.165) is 46.2 Å². The molecule has 0 spiro atoms. The molecule has 8 heterocycles. The molecule has 0 saturated carbocycles. The summed E-state index contributed by atoms with van der Waals surface area (Å²) in [4.78, 5) is 67.3. The number of rotatable bonds is 16. The first kappa shape index (κ1) is 78.3. The van der Waals surface area contributed by atoms with E-state index in [2.05, 4.69) is 93.3 Å². The second-order valence-electron chi connectivity index (χ2n) is 19.5. The molecule has 0 fully saturated rings. The second kappa shape index (κ2) is 37.7. The van der Waals surface area contributed by atoms with Gasteiger partial charge in [-0.3, -0.25) is 9.59 Å². The summed E-state index contributed by atoms with van der Waals surface area (Å²) in [5.74, 6) is -0.338. The standard InChI is InChI=1S/C20H20FN3O5S.C12H12FN3OS.2C11H10FN3OS.C9H11BrO2.CH3I/c1-12-7-16(23-20(22-12)30(4,26)27)14-9-15(21)19(25)24(11-14)10-13-5-6-17(28-2)18(8-13)29-3;1-7-4-10(16-12(15-7)18-3)8-5-9(13)11(17-2)14-6-8;1-6-3-9(15-11(14-6)17-2)7-4-8(12)10(16)13-5-7;1-6-3-9(15-11(17)14-6)7-4-8(12)10(16-2)13-5-7;1-11-8-4-3-7(6-10)5-9(8)12-2;1-2/h5-9,11H,10H2,1-4H3;4-6H,1-3H3;3-5H,1-2H3,(H,13,16);3-5H,1-2H3,(H,14,15,17);3-5H,6H2,1-2H3;1H3. The lowest BCUT2D eigenvalue weighted by atomic mass is 10.1. The largest absolute Gasteiger partial charge is 0.493 e. The van der Waals surface area contributed by atoms with Crippen LogP contribution in [0.25, 0.3) is 45.0 Å². The highest BCUT2D eigenvalue weighted by Gasteiger charge is 2.18. The number of nitrogens with zero attached hydrogens (tertiary/aromatic N) is 10. The third-order valence-electron chi connectivity index (χ3n) is 12.6. The molecule has 0 saturated heterocycles. The number of H-pyrrole nitrogens is 2. The molecule has 8 aromatic heterocycles. The van der Waals surface area contributed by atoms with Crippen molar-refractivity contribution in [3.63, 3.8) is 0 Å². The number of thioether (sulfide) groups is 2. The molecule has 0 aliphatic rings. The van der Waals surface area contributed by atoms with Crippen molar-refractivity contribution in [2.75, 3.05) is 66.4 Å². The topological polar surface area (TPSA) is 276 Å². The van der Waals surface area contributed by atoms with Gasteiger partial charge in [0.15, 0.2) is 61.4 Å². The maximum atomic E-state index is 14.4. The summed E-state index contributed by atoms with van der Waals surface area (Å²) >= 11 is 13.3. The van der Waals surface area contributed by atoms with Crippen LogP contribution in [0.15, 0.2) is 135 Å². The van der Waals surface area contributed by atoms with Gasteiger partial charge in [0.1, 0.15) is 0 Å². The van der Waals surface area contributed by atoms with E-state index >= 15 is 0 Å². The predicted molar refractivity (Wildman–Crippen MR) is 377 cm³/mol. The summed E-state index contributed by atoms with van der Waals surface area (Å²) in [5.41, 5.74) is 7.18. The molecule has 32 heteroatoms. The molecule has 2 aromatic carbocycles. The lowest BCUT2D eigenvalue weighted by Crippen LogP contribution is -2.23. The first-order chi connectivity index (χ1) is 45.8. The van der Waals surface area contributed by atoms with E-state index in [0.29, 0.717) is 71.6 Å². The lowest BCUT2D eigenvalue weighted by Gasteiger charge is -2.12. The van der Waals surface area contributed by atoms with Gasteiger partial charge >= 0.3 is 0 Å². The Kier molecular flexibility index (Phi) is 30.8. The molecule has 508 valence electrons. The Labute approximate surface area is 587 Å². The van der Waals surface area contributed by atoms with Crippen LogP contribution in [-0.4, -0.2) is 134 Å². The number of ether oxygens (including phenoxy) is 6. The minimum atomic E-state index is -3.66. The average Bonchev–Trinajstić information content (AvgIpc) is 0.816. The number of aryl methyl sites for hydroxylation is 4. The van der Waals surface area contributed by atoms with Crippen molar-refractivity contribution in [2.24, 2.45) is 0 Å². The second-order valence-corrected chi connectivity index (χ2v) is 23.9. The van der Waals surface area contributed by atoms with Crippen LogP contribution >= 0.6 is 74.3 Å². The molecular formula is C64H66BrF4IN12O10S4. The number of nitrogens with one attached hydrogen (secondary N) is 2. The molecule has 0 amide bonds. The van der Waals surface area contributed by atoms with Crippen molar-refractivity contribution in [1.29, 1.82) is 0 Å². The molecule has 96 heavy (non-hydrogen) atoms. The van der Waals surface area contributed by atoms with Crippen molar-refractivity contribution in [3.8, 4) is 79.8 Å². The third kappa shape index (κ3) is 22.6. The highest BCUT2D eigenvalue weighted by Crippen LogP contribution is 2.31. The number of sulfone groups is 1. The van der Waals surface area contributed by atoms with Gasteiger partial charge in [0.2, 0.25) is 26.8 Å². The molecule has 22 nitrogen and oxygen atoms in total. The van der Waals surface area contributed by atoms with Crippen LogP contribution in [-0.2, 0) is 21.7 Å². The summed E-state index contributed by atoms with van der Waals surface area (Å²) in [6, 6.07) is 22.7. The van der Waals surface area contributed by atoms with E-state index in [9.17, 15) is 35.6 Å². The Morgan fingerprint density at radius 3 is 1.45 bits per heavy atom. The van der Waals surface area contributed by atoms with Crippen LogP contribution in [0.3, 0.4) is 0 Å². The first-order valence-electron chi connectivity index (χ1n) is 27.7. The maximum absolute atomic E-state index is 14.4. The summed E-state index contributed by atoms with van der Waals surface area (Å²) in [6.07, 6.45) is 10.7. The number of halogens is 6. The number of aromatic amines is 2. The molecule has 10 rings (SSSR count). The molecule has 0 atom stereocenters. The van der Waals surface area contributed by atoms with Gasteiger partial charge in [-0.15, -0.1) is 0 Å². The predicted octanol–water partition coefficient (Wildman–Crippen LogP) is 13.2. The Balaban J connectivity index is 0.000000223. The summed E-state index contributed by atoms with van der Waals surface area (Å²) in [5, 5.41) is 1.73. The average molecular weight is 1570 g/mol. The van der Waals surface area contributed by atoms with Gasteiger partial charge in [-0.25, -0.2) is 70.8 Å². The highest BCUT2D eigenvalue weighted by molar-refractivity contribution is 14.1. The van der Waals surface area contributed by atoms with Crippen LogP contribution < -0.4 is 39.5 Å². The number of methoxy groups -OCH3 is 6. The Morgan fingerprint density at radius 1 is 0.552 bits per heavy atom. The molecule has 0 radical (unpaired) electrons.